The predicted octanol–water partition coefficient (Wildman–Crippen LogP) is 2.30. The average molecular weight is 267 g/mol. The molecule has 1 atom stereocenters. The third-order valence-electron chi connectivity index (χ3n) is 3.42. The van der Waals surface area contributed by atoms with Crippen LogP contribution in [0.3, 0.4) is 0 Å². The fourth-order valence-electron chi connectivity index (χ4n) is 2.26. The molecule has 1 aromatic carbocycles. The molecular formula is C14H19ClN2O. The van der Waals surface area contributed by atoms with Crippen molar-refractivity contribution < 1.29 is 4.79 Å². The zero-order valence-electron chi connectivity index (χ0n) is 10.7. The maximum absolute atomic E-state index is 12.1. The Morgan fingerprint density at radius 1 is 1.50 bits per heavy atom. The van der Waals surface area contributed by atoms with E-state index in [0.29, 0.717) is 18.9 Å². The van der Waals surface area contributed by atoms with Crippen molar-refractivity contribution in [1.29, 1.82) is 0 Å². The van der Waals surface area contributed by atoms with E-state index in [-0.39, 0.29) is 5.91 Å². The zero-order chi connectivity index (χ0) is 13.0. The van der Waals surface area contributed by atoms with Crippen LogP contribution in [0.15, 0.2) is 24.3 Å². The summed E-state index contributed by atoms with van der Waals surface area (Å²) in [5.74, 6) is 0.690. The Morgan fingerprint density at radius 2 is 2.28 bits per heavy atom. The van der Waals surface area contributed by atoms with Crippen LogP contribution in [0.25, 0.3) is 0 Å². The normalized spacial score (nSPS) is 18.9. The zero-order valence-corrected chi connectivity index (χ0v) is 11.4. The van der Waals surface area contributed by atoms with Crippen molar-refractivity contribution in [3.8, 4) is 0 Å². The smallest absolute Gasteiger partial charge is 0.222 e. The lowest BCUT2D eigenvalue weighted by molar-refractivity contribution is -0.131. The third kappa shape index (κ3) is 3.47. The first-order valence-corrected chi connectivity index (χ1v) is 6.72. The molecule has 1 heterocycles. The van der Waals surface area contributed by atoms with Crippen LogP contribution < -0.4 is 5.32 Å². The molecular weight excluding hydrogens is 248 g/mol. The van der Waals surface area contributed by atoms with E-state index >= 15 is 0 Å². The van der Waals surface area contributed by atoms with Crippen LogP contribution >= 0.6 is 11.6 Å². The molecule has 0 bridgehead atoms. The number of benzene rings is 1. The summed E-state index contributed by atoms with van der Waals surface area (Å²) in [7, 11) is 1.84. The van der Waals surface area contributed by atoms with E-state index in [1.54, 1.807) is 4.90 Å². The van der Waals surface area contributed by atoms with Gasteiger partial charge in [-0.05, 0) is 37.1 Å². The second-order valence-corrected chi connectivity index (χ2v) is 5.31. The van der Waals surface area contributed by atoms with Crippen molar-refractivity contribution in [1.82, 2.24) is 10.2 Å². The SMILES string of the molecule is CN(Cc1ccccc1Cl)C(=O)CC1CCNC1. The summed E-state index contributed by atoms with van der Waals surface area (Å²) < 4.78 is 0. The molecule has 3 nitrogen and oxygen atoms in total. The summed E-state index contributed by atoms with van der Waals surface area (Å²) in [5.41, 5.74) is 1.000. The summed E-state index contributed by atoms with van der Waals surface area (Å²) in [6, 6.07) is 7.66. The van der Waals surface area contributed by atoms with Gasteiger partial charge >= 0.3 is 0 Å². The van der Waals surface area contributed by atoms with E-state index in [1.165, 1.54) is 0 Å². The highest BCUT2D eigenvalue weighted by atomic mass is 35.5. The summed E-state index contributed by atoms with van der Waals surface area (Å²) >= 11 is 6.10. The van der Waals surface area contributed by atoms with Gasteiger partial charge in [-0.3, -0.25) is 4.79 Å². The topological polar surface area (TPSA) is 32.3 Å². The molecule has 1 saturated heterocycles. The molecule has 1 unspecified atom stereocenters. The molecule has 1 aliphatic rings. The first-order valence-electron chi connectivity index (χ1n) is 6.35. The van der Waals surface area contributed by atoms with E-state index in [0.717, 1.165) is 30.1 Å². The van der Waals surface area contributed by atoms with Gasteiger partial charge in [0, 0.05) is 25.0 Å². The number of amides is 1. The molecule has 18 heavy (non-hydrogen) atoms. The maximum atomic E-state index is 12.1. The van der Waals surface area contributed by atoms with Crippen LogP contribution in [0.1, 0.15) is 18.4 Å². The highest BCUT2D eigenvalue weighted by Gasteiger charge is 2.20. The molecule has 0 spiro atoms. The van der Waals surface area contributed by atoms with Gasteiger partial charge in [-0.15, -0.1) is 0 Å². The van der Waals surface area contributed by atoms with Crippen molar-refractivity contribution in [2.75, 3.05) is 20.1 Å². The number of carbonyl (C=O) groups is 1. The Morgan fingerprint density at radius 3 is 2.94 bits per heavy atom. The van der Waals surface area contributed by atoms with Crippen LogP contribution in [-0.2, 0) is 11.3 Å². The number of nitrogens with zero attached hydrogens (tertiary/aromatic N) is 1. The van der Waals surface area contributed by atoms with Gasteiger partial charge in [0.25, 0.3) is 0 Å². The first kappa shape index (κ1) is 13.4. The highest BCUT2D eigenvalue weighted by molar-refractivity contribution is 6.31. The summed E-state index contributed by atoms with van der Waals surface area (Å²) in [6.45, 7) is 2.58. The highest BCUT2D eigenvalue weighted by Crippen LogP contribution is 2.18. The molecule has 4 heteroatoms. The molecule has 1 N–H and O–H groups in total. The molecule has 1 amide bonds. The quantitative estimate of drug-likeness (QED) is 0.907. The Balaban J connectivity index is 1.89. The summed E-state index contributed by atoms with van der Waals surface area (Å²) in [6.07, 6.45) is 1.74. The van der Waals surface area contributed by atoms with E-state index in [4.69, 9.17) is 11.6 Å². The minimum absolute atomic E-state index is 0.198. The van der Waals surface area contributed by atoms with Gasteiger partial charge in [-0.1, -0.05) is 29.8 Å². The Kier molecular flexibility index (Phi) is 4.61. The fraction of sp³-hybridized carbons (Fsp3) is 0.500. The number of rotatable bonds is 4. The lowest BCUT2D eigenvalue weighted by Gasteiger charge is -2.19. The second kappa shape index (κ2) is 6.21. The van der Waals surface area contributed by atoms with E-state index < -0.39 is 0 Å². The fourth-order valence-corrected chi connectivity index (χ4v) is 2.46. The molecule has 0 aliphatic carbocycles. The van der Waals surface area contributed by atoms with Gasteiger partial charge in [0.1, 0.15) is 0 Å². The number of hydrogen-bond acceptors (Lipinski definition) is 2. The van der Waals surface area contributed by atoms with Gasteiger partial charge in [0.15, 0.2) is 0 Å². The van der Waals surface area contributed by atoms with E-state index in [9.17, 15) is 4.79 Å². The minimum Gasteiger partial charge on any atom is -0.341 e. The molecule has 2 rings (SSSR count). The van der Waals surface area contributed by atoms with E-state index in [2.05, 4.69) is 5.32 Å². The molecule has 0 aromatic heterocycles. The van der Waals surface area contributed by atoms with Gasteiger partial charge in [-0.25, -0.2) is 0 Å². The van der Waals surface area contributed by atoms with Gasteiger partial charge in [0.2, 0.25) is 5.91 Å². The molecule has 1 fully saturated rings. The predicted molar refractivity (Wildman–Crippen MR) is 73.5 cm³/mol. The Hall–Kier alpha value is -1.06. The van der Waals surface area contributed by atoms with E-state index in [1.807, 2.05) is 31.3 Å². The molecule has 0 radical (unpaired) electrons. The van der Waals surface area contributed by atoms with Crippen LogP contribution in [0.5, 0.6) is 0 Å². The van der Waals surface area contributed by atoms with Crippen molar-refractivity contribution >= 4 is 17.5 Å². The van der Waals surface area contributed by atoms with Crippen LogP contribution in [-0.4, -0.2) is 30.9 Å². The lowest BCUT2D eigenvalue weighted by Crippen LogP contribution is -2.28. The van der Waals surface area contributed by atoms with Crippen LogP contribution in [0, 0.1) is 5.92 Å². The van der Waals surface area contributed by atoms with Crippen LogP contribution in [0.2, 0.25) is 5.02 Å². The van der Waals surface area contributed by atoms with Crippen LogP contribution in [0.4, 0.5) is 0 Å². The van der Waals surface area contributed by atoms with Gasteiger partial charge in [0.05, 0.1) is 0 Å². The third-order valence-corrected chi connectivity index (χ3v) is 3.79. The first-order chi connectivity index (χ1) is 8.66. The van der Waals surface area contributed by atoms with Crippen molar-refractivity contribution in [3.05, 3.63) is 34.9 Å². The van der Waals surface area contributed by atoms with Gasteiger partial charge < -0.3 is 10.2 Å². The summed E-state index contributed by atoms with van der Waals surface area (Å²) in [5, 5.41) is 4.01. The van der Waals surface area contributed by atoms with Gasteiger partial charge in [-0.2, -0.15) is 0 Å². The second-order valence-electron chi connectivity index (χ2n) is 4.90. The maximum Gasteiger partial charge on any atom is 0.222 e. The molecule has 1 aliphatic heterocycles. The van der Waals surface area contributed by atoms with Crippen molar-refractivity contribution in [2.45, 2.75) is 19.4 Å². The summed E-state index contributed by atoms with van der Waals surface area (Å²) in [4.78, 5) is 13.8. The standard InChI is InChI=1S/C14H19ClN2O/c1-17(10-12-4-2-3-5-13(12)15)14(18)8-11-6-7-16-9-11/h2-5,11,16H,6-10H2,1H3. The monoisotopic (exact) mass is 266 g/mol. The molecule has 0 saturated carbocycles. The largest absolute Gasteiger partial charge is 0.341 e. The van der Waals surface area contributed by atoms with Crippen molar-refractivity contribution in [3.63, 3.8) is 0 Å². The number of halogens is 1. The average Bonchev–Trinajstić information content (AvgIpc) is 2.84. The Bertz CT molecular complexity index is 416. The lowest BCUT2D eigenvalue weighted by atomic mass is 10.0. The molecule has 98 valence electrons. The number of carbonyl (C=O) groups excluding carboxylic acids is 1. The number of nitrogens with one attached hydrogen (secondary N) is 1. The van der Waals surface area contributed by atoms with Crippen molar-refractivity contribution in [2.24, 2.45) is 5.92 Å². The Labute approximate surface area is 113 Å². The number of hydrogen-bond donors (Lipinski definition) is 1. The molecule has 1 aromatic rings. The minimum atomic E-state index is 0.198.